The molecule has 0 amide bonds. The zero-order valence-corrected chi connectivity index (χ0v) is 18.9. The topological polar surface area (TPSA) is 86.3 Å². The number of nitrogens with two attached hydrogens (primary N) is 1. The number of rotatable bonds is 2. The van der Waals surface area contributed by atoms with Gasteiger partial charge in [-0.25, -0.2) is 4.98 Å². The van der Waals surface area contributed by atoms with Gasteiger partial charge in [-0.3, -0.25) is 14.3 Å². The molecule has 8 heteroatoms. The molecule has 5 rings (SSSR count). The van der Waals surface area contributed by atoms with Gasteiger partial charge in [0.25, 0.3) is 5.56 Å². The van der Waals surface area contributed by atoms with Crippen LogP contribution in [0.2, 0.25) is 5.02 Å². The highest BCUT2D eigenvalue weighted by Gasteiger charge is 2.47. The Labute approximate surface area is 186 Å². The van der Waals surface area contributed by atoms with Crippen LogP contribution in [0.1, 0.15) is 42.3 Å². The molecule has 164 valence electrons. The SMILES string of the molecule is Cc1nccc(C2=CCc3nc(N4CCC5(CC4)CO[C@@H](C)[C@H]5N)n(C)c(=O)c32)c1Cl. The van der Waals surface area contributed by atoms with Crippen LogP contribution < -0.4 is 16.2 Å². The van der Waals surface area contributed by atoms with Gasteiger partial charge in [0.1, 0.15) is 0 Å². The first-order valence-electron chi connectivity index (χ1n) is 10.9. The summed E-state index contributed by atoms with van der Waals surface area (Å²) in [5.41, 5.74) is 10.4. The van der Waals surface area contributed by atoms with Crippen molar-refractivity contribution in [2.24, 2.45) is 18.2 Å². The molecular formula is C23H28ClN5O2. The maximum atomic E-state index is 13.4. The Morgan fingerprint density at radius 1 is 1.32 bits per heavy atom. The summed E-state index contributed by atoms with van der Waals surface area (Å²) in [7, 11) is 1.80. The molecule has 2 atom stereocenters. The second kappa shape index (κ2) is 7.43. The monoisotopic (exact) mass is 441 g/mol. The van der Waals surface area contributed by atoms with Gasteiger partial charge in [0, 0.05) is 49.8 Å². The van der Waals surface area contributed by atoms with Crippen molar-refractivity contribution < 1.29 is 4.74 Å². The summed E-state index contributed by atoms with van der Waals surface area (Å²) in [6.45, 7) is 6.28. The van der Waals surface area contributed by atoms with Crippen LogP contribution in [0.3, 0.4) is 0 Å². The number of piperidine rings is 1. The molecular weight excluding hydrogens is 414 g/mol. The molecule has 0 bridgehead atoms. The van der Waals surface area contributed by atoms with Crippen LogP contribution in [0.15, 0.2) is 23.1 Å². The number of pyridine rings is 1. The van der Waals surface area contributed by atoms with Crippen LogP contribution >= 0.6 is 11.6 Å². The summed E-state index contributed by atoms with van der Waals surface area (Å²) in [4.78, 5) is 24.8. The third kappa shape index (κ3) is 3.13. The van der Waals surface area contributed by atoms with E-state index in [9.17, 15) is 4.79 Å². The highest BCUT2D eigenvalue weighted by atomic mass is 35.5. The van der Waals surface area contributed by atoms with Crippen molar-refractivity contribution in [2.75, 3.05) is 24.6 Å². The summed E-state index contributed by atoms with van der Waals surface area (Å²) in [6, 6.07) is 1.92. The van der Waals surface area contributed by atoms with Crippen LogP contribution in [0.25, 0.3) is 5.57 Å². The molecule has 2 aliphatic heterocycles. The third-order valence-electron chi connectivity index (χ3n) is 7.35. The fourth-order valence-electron chi connectivity index (χ4n) is 5.26. The van der Waals surface area contributed by atoms with Gasteiger partial charge >= 0.3 is 0 Å². The Kier molecular flexibility index (Phi) is 4.95. The summed E-state index contributed by atoms with van der Waals surface area (Å²) in [6.07, 6.45) is 6.39. The predicted octanol–water partition coefficient (Wildman–Crippen LogP) is 2.46. The average molecular weight is 442 g/mol. The summed E-state index contributed by atoms with van der Waals surface area (Å²) in [5.74, 6) is 0.728. The van der Waals surface area contributed by atoms with Gasteiger partial charge in [-0.1, -0.05) is 17.7 Å². The zero-order chi connectivity index (χ0) is 21.9. The molecule has 0 unspecified atom stereocenters. The number of anilines is 1. The molecule has 4 heterocycles. The molecule has 7 nitrogen and oxygen atoms in total. The third-order valence-corrected chi connectivity index (χ3v) is 7.83. The summed E-state index contributed by atoms with van der Waals surface area (Å²) >= 11 is 6.50. The van der Waals surface area contributed by atoms with Gasteiger partial charge < -0.3 is 15.4 Å². The Hall–Kier alpha value is -2.22. The number of ether oxygens (including phenoxy) is 1. The highest BCUT2D eigenvalue weighted by molar-refractivity contribution is 6.33. The lowest BCUT2D eigenvalue weighted by Crippen LogP contribution is -2.51. The van der Waals surface area contributed by atoms with Crippen molar-refractivity contribution in [1.29, 1.82) is 0 Å². The first kappa shape index (κ1) is 20.7. The highest BCUT2D eigenvalue weighted by Crippen LogP contribution is 2.42. The standard InChI is InChI=1S/C23H28ClN5O2/c1-13-19(24)16(6-9-26-13)15-4-5-17-18(15)21(30)28(3)22(27-17)29-10-7-23(8-11-29)12-31-14(2)20(23)25/h4,6,9,14,20H,5,7-8,10-12,25H2,1-3H3/t14-,20+/m0/s1. The number of aryl methyl sites for hydroxylation is 1. The van der Waals surface area contributed by atoms with Crippen LogP contribution in [0, 0.1) is 12.3 Å². The number of allylic oxidation sites excluding steroid dienone is 1. The predicted molar refractivity (Wildman–Crippen MR) is 122 cm³/mol. The molecule has 2 aromatic rings. The van der Waals surface area contributed by atoms with Crippen molar-refractivity contribution in [3.05, 3.63) is 56.2 Å². The van der Waals surface area contributed by atoms with E-state index < -0.39 is 0 Å². The second-order valence-electron chi connectivity index (χ2n) is 9.07. The van der Waals surface area contributed by atoms with E-state index in [1.54, 1.807) is 17.8 Å². The van der Waals surface area contributed by atoms with Crippen LogP contribution in [-0.4, -0.2) is 46.4 Å². The fourth-order valence-corrected chi connectivity index (χ4v) is 5.48. The van der Waals surface area contributed by atoms with Crippen molar-refractivity contribution >= 4 is 23.1 Å². The molecule has 2 aromatic heterocycles. The van der Waals surface area contributed by atoms with Crippen molar-refractivity contribution in [3.8, 4) is 0 Å². The van der Waals surface area contributed by atoms with E-state index in [0.717, 1.165) is 61.0 Å². The van der Waals surface area contributed by atoms with Gasteiger partial charge in [-0.2, -0.15) is 0 Å². The lowest BCUT2D eigenvalue weighted by atomic mass is 9.73. The molecule has 0 aromatic carbocycles. The Balaban J connectivity index is 1.45. The first-order chi connectivity index (χ1) is 14.8. The molecule has 0 radical (unpaired) electrons. The van der Waals surface area contributed by atoms with Crippen LogP contribution in [0.4, 0.5) is 5.95 Å². The average Bonchev–Trinajstić information content (AvgIpc) is 3.31. The quantitative estimate of drug-likeness (QED) is 0.770. The number of nitrogens with zero attached hydrogens (tertiary/aromatic N) is 4. The minimum Gasteiger partial charge on any atom is -0.376 e. The normalized spacial score (nSPS) is 24.5. The van der Waals surface area contributed by atoms with Gasteiger partial charge in [-0.05, 0) is 38.3 Å². The summed E-state index contributed by atoms with van der Waals surface area (Å²) < 4.78 is 7.51. The van der Waals surface area contributed by atoms with E-state index in [1.165, 1.54) is 0 Å². The second-order valence-corrected chi connectivity index (χ2v) is 9.45. The lowest BCUT2D eigenvalue weighted by molar-refractivity contribution is 0.0973. The molecule has 1 spiro atoms. The summed E-state index contributed by atoms with van der Waals surface area (Å²) in [5, 5.41) is 0.582. The first-order valence-corrected chi connectivity index (χ1v) is 11.2. The van der Waals surface area contributed by atoms with Crippen molar-refractivity contribution in [3.63, 3.8) is 0 Å². The maximum Gasteiger partial charge on any atom is 0.262 e. The largest absolute Gasteiger partial charge is 0.376 e. The van der Waals surface area contributed by atoms with E-state index in [0.29, 0.717) is 17.0 Å². The number of hydrogen-bond donors (Lipinski definition) is 1. The fraction of sp³-hybridized carbons (Fsp3) is 0.522. The van der Waals surface area contributed by atoms with Crippen LogP contribution in [0.5, 0.6) is 0 Å². The molecule has 31 heavy (non-hydrogen) atoms. The zero-order valence-electron chi connectivity index (χ0n) is 18.2. The molecule has 2 N–H and O–H groups in total. The Bertz CT molecular complexity index is 1130. The molecule has 2 saturated heterocycles. The van der Waals surface area contributed by atoms with E-state index in [-0.39, 0.29) is 23.1 Å². The number of hydrogen-bond acceptors (Lipinski definition) is 6. The van der Waals surface area contributed by atoms with Gasteiger partial charge in [-0.15, -0.1) is 0 Å². The molecule has 0 saturated carbocycles. The lowest BCUT2D eigenvalue weighted by Gasteiger charge is -2.41. The minimum atomic E-state index is -0.0379. The molecule has 2 fully saturated rings. The van der Waals surface area contributed by atoms with Gasteiger partial charge in [0.05, 0.1) is 34.7 Å². The van der Waals surface area contributed by atoms with Crippen molar-refractivity contribution in [2.45, 2.75) is 45.3 Å². The van der Waals surface area contributed by atoms with E-state index in [4.69, 9.17) is 27.1 Å². The minimum absolute atomic E-state index is 0.0379. The molecule has 3 aliphatic rings. The smallest absolute Gasteiger partial charge is 0.262 e. The van der Waals surface area contributed by atoms with E-state index in [1.807, 2.05) is 19.1 Å². The number of aromatic nitrogens is 3. The number of fused-ring (bicyclic) bond motifs is 1. The van der Waals surface area contributed by atoms with E-state index in [2.05, 4.69) is 16.8 Å². The Morgan fingerprint density at radius 3 is 2.74 bits per heavy atom. The maximum absolute atomic E-state index is 13.4. The molecule has 1 aliphatic carbocycles. The van der Waals surface area contributed by atoms with Gasteiger partial charge in [0.15, 0.2) is 0 Å². The van der Waals surface area contributed by atoms with E-state index >= 15 is 0 Å². The van der Waals surface area contributed by atoms with Crippen LogP contribution in [-0.2, 0) is 18.2 Å². The Morgan fingerprint density at radius 2 is 2.06 bits per heavy atom. The van der Waals surface area contributed by atoms with Gasteiger partial charge in [0.2, 0.25) is 5.95 Å². The van der Waals surface area contributed by atoms with Crippen molar-refractivity contribution in [1.82, 2.24) is 14.5 Å². The number of halogens is 1.